The van der Waals surface area contributed by atoms with Gasteiger partial charge in [0.2, 0.25) is 6.10 Å². The molecule has 2 heterocycles. The Labute approximate surface area is 197 Å². The molecule has 1 aromatic carbocycles. The van der Waals surface area contributed by atoms with E-state index in [9.17, 15) is 14.4 Å². The second-order valence-corrected chi connectivity index (χ2v) is 15.7. The van der Waals surface area contributed by atoms with Gasteiger partial charge in [-0.3, -0.25) is 4.79 Å². The number of ether oxygens (including phenoxy) is 4. The first-order chi connectivity index (χ1) is 15.2. The number of carbonyl (C=O) groups excluding carboxylic acids is 3. The summed E-state index contributed by atoms with van der Waals surface area (Å²) in [5, 5.41) is 0.527. The normalized spacial score (nSPS) is 33.5. The van der Waals surface area contributed by atoms with E-state index >= 15 is 0 Å². The lowest BCUT2D eigenvalue weighted by molar-refractivity contribution is -0.192. The monoisotopic (exact) mass is 476 g/mol. The van der Waals surface area contributed by atoms with E-state index < -0.39 is 54.2 Å². The minimum Gasteiger partial charge on any atom is -0.462 e. The number of hydrogen-bond donors (Lipinski definition) is 0. The van der Waals surface area contributed by atoms with Crippen molar-refractivity contribution in [1.82, 2.24) is 0 Å². The standard InChI is InChI=1S/C25H36O7Si/c1-9-18-25(6,33(7,8)17-13-11-10-12-14-17)21(30-16(2)26)24(5,32-18)22(28)31-19-20(27)29-15-23(19,3)4/h10-14,18-19,21H,9,15H2,1-8H3/t18-,19-,21-,24?,25-/m1/s1. The maximum Gasteiger partial charge on any atom is 0.348 e. The van der Waals surface area contributed by atoms with Crippen molar-refractivity contribution in [2.45, 2.75) is 90.0 Å². The number of hydrogen-bond acceptors (Lipinski definition) is 7. The molecule has 2 fully saturated rings. The Kier molecular flexibility index (Phi) is 6.58. The van der Waals surface area contributed by atoms with Gasteiger partial charge in [0.25, 0.3) is 0 Å². The number of esters is 3. The number of rotatable bonds is 6. The third-order valence-corrected chi connectivity index (χ3v) is 12.8. The van der Waals surface area contributed by atoms with E-state index in [1.54, 1.807) is 6.92 Å². The van der Waals surface area contributed by atoms with Gasteiger partial charge < -0.3 is 18.9 Å². The Morgan fingerprint density at radius 3 is 2.18 bits per heavy atom. The summed E-state index contributed by atoms with van der Waals surface area (Å²) in [7, 11) is -2.41. The van der Waals surface area contributed by atoms with Crippen LogP contribution in [-0.2, 0) is 33.3 Å². The number of cyclic esters (lactones) is 1. The Balaban J connectivity index is 2.08. The summed E-state index contributed by atoms with van der Waals surface area (Å²) in [6.45, 7) is 15.2. The molecular weight excluding hydrogens is 440 g/mol. The summed E-state index contributed by atoms with van der Waals surface area (Å²) in [6, 6.07) is 10.1. The fourth-order valence-corrected chi connectivity index (χ4v) is 9.04. The van der Waals surface area contributed by atoms with Crippen LogP contribution in [0.5, 0.6) is 0 Å². The molecule has 0 N–H and O–H groups in total. The highest BCUT2D eigenvalue weighted by molar-refractivity contribution is 6.92. The van der Waals surface area contributed by atoms with E-state index in [-0.39, 0.29) is 12.7 Å². The largest absolute Gasteiger partial charge is 0.462 e. The summed E-state index contributed by atoms with van der Waals surface area (Å²) in [4.78, 5) is 38.2. The van der Waals surface area contributed by atoms with Crippen LogP contribution in [0.25, 0.3) is 0 Å². The van der Waals surface area contributed by atoms with Crippen LogP contribution >= 0.6 is 0 Å². The van der Waals surface area contributed by atoms with Crippen molar-refractivity contribution in [1.29, 1.82) is 0 Å². The van der Waals surface area contributed by atoms with Crippen molar-refractivity contribution < 1.29 is 33.3 Å². The molecule has 182 valence electrons. The Morgan fingerprint density at radius 1 is 1.09 bits per heavy atom. The van der Waals surface area contributed by atoms with Crippen LogP contribution in [-0.4, -0.2) is 56.5 Å². The molecule has 0 aromatic heterocycles. The zero-order valence-electron chi connectivity index (χ0n) is 20.9. The zero-order valence-corrected chi connectivity index (χ0v) is 21.9. The third kappa shape index (κ3) is 4.01. The van der Waals surface area contributed by atoms with Crippen LogP contribution < -0.4 is 5.19 Å². The van der Waals surface area contributed by atoms with E-state index in [1.165, 1.54) is 12.1 Å². The van der Waals surface area contributed by atoms with Gasteiger partial charge in [0, 0.05) is 17.4 Å². The van der Waals surface area contributed by atoms with Crippen molar-refractivity contribution in [3.63, 3.8) is 0 Å². The Hall–Kier alpha value is -2.19. The first-order valence-electron chi connectivity index (χ1n) is 11.5. The molecule has 0 bridgehead atoms. The molecule has 2 saturated heterocycles. The second kappa shape index (κ2) is 8.54. The molecule has 1 unspecified atom stereocenters. The van der Waals surface area contributed by atoms with Gasteiger partial charge in [-0.2, -0.15) is 0 Å². The van der Waals surface area contributed by atoms with Gasteiger partial charge in [-0.1, -0.05) is 76.3 Å². The van der Waals surface area contributed by atoms with E-state index in [0.717, 1.165) is 0 Å². The maximum atomic E-state index is 13.6. The van der Waals surface area contributed by atoms with Crippen LogP contribution in [0, 0.1) is 5.41 Å². The first kappa shape index (κ1) is 25.4. The highest BCUT2D eigenvalue weighted by Crippen LogP contribution is 2.58. The molecule has 0 saturated carbocycles. The predicted molar refractivity (Wildman–Crippen MR) is 126 cm³/mol. The van der Waals surface area contributed by atoms with E-state index in [1.807, 2.05) is 39.0 Å². The number of carbonyl (C=O) groups is 3. The van der Waals surface area contributed by atoms with Gasteiger partial charge in [0.1, 0.15) is 12.7 Å². The molecule has 2 aliphatic heterocycles. The Bertz CT molecular complexity index is 928. The van der Waals surface area contributed by atoms with Crippen molar-refractivity contribution in [2.24, 2.45) is 5.41 Å². The summed E-state index contributed by atoms with van der Waals surface area (Å²) >= 11 is 0. The van der Waals surface area contributed by atoms with Crippen LogP contribution in [0.1, 0.15) is 48.0 Å². The zero-order chi connectivity index (χ0) is 24.8. The summed E-state index contributed by atoms with van der Waals surface area (Å²) in [5.74, 6) is -1.79. The van der Waals surface area contributed by atoms with E-state index in [0.29, 0.717) is 6.42 Å². The molecule has 8 heteroatoms. The molecular formula is C25H36O7Si. The van der Waals surface area contributed by atoms with Crippen molar-refractivity contribution in [2.75, 3.05) is 6.61 Å². The first-order valence-corrected chi connectivity index (χ1v) is 14.5. The maximum absolute atomic E-state index is 13.6. The molecule has 0 aliphatic carbocycles. The summed E-state index contributed by atoms with van der Waals surface area (Å²) in [6.07, 6.45) is -1.67. The van der Waals surface area contributed by atoms with Crippen LogP contribution in [0.2, 0.25) is 18.1 Å². The molecule has 3 rings (SSSR count). The van der Waals surface area contributed by atoms with Gasteiger partial charge in [-0.25, -0.2) is 9.59 Å². The van der Waals surface area contributed by atoms with E-state index in [2.05, 4.69) is 32.2 Å². The summed E-state index contributed by atoms with van der Waals surface area (Å²) < 4.78 is 23.2. The van der Waals surface area contributed by atoms with Crippen LogP contribution in [0.4, 0.5) is 0 Å². The predicted octanol–water partition coefficient (Wildman–Crippen LogP) is 3.36. The lowest BCUT2D eigenvalue weighted by Gasteiger charge is -2.46. The number of benzene rings is 1. The fourth-order valence-electron chi connectivity index (χ4n) is 5.34. The van der Waals surface area contributed by atoms with Crippen LogP contribution in [0.15, 0.2) is 30.3 Å². The van der Waals surface area contributed by atoms with Gasteiger partial charge in [-0.15, -0.1) is 0 Å². The lowest BCUT2D eigenvalue weighted by atomic mass is 9.87. The Morgan fingerprint density at radius 2 is 1.70 bits per heavy atom. The van der Waals surface area contributed by atoms with Crippen LogP contribution in [0.3, 0.4) is 0 Å². The topological polar surface area (TPSA) is 88.1 Å². The van der Waals surface area contributed by atoms with Gasteiger partial charge >= 0.3 is 17.9 Å². The molecule has 1 aromatic rings. The van der Waals surface area contributed by atoms with Gasteiger partial charge in [0.05, 0.1) is 14.2 Å². The SMILES string of the molecule is CC[C@H]1OC(C)(C(=O)O[C@@H]2C(=O)OCC2(C)C)[C@@H](OC(C)=O)[C@]1(C)[Si](C)(C)c1ccccc1. The average molecular weight is 477 g/mol. The average Bonchev–Trinajstić information content (AvgIpc) is 3.14. The second-order valence-electron chi connectivity index (χ2n) is 10.8. The minimum atomic E-state index is -2.41. The molecule has 0 amide bonds. The molecule has 0 spiro atoms. The van der Waals surface area contributed by atoms with Crippen molar-refractivity contribution in [3.05, 3.63) is 30.3 Å². The quantitative estimate of drug-likeness (QED) is 0.353. The molecule has 5 atom stereocenters. The van der Waals surface area contributed by atoms with Crippen molar-refractivity contribution in [3.8, 4) is 0 Å². The molecule has 2 aliphatic rings. The smallest absolute Gasteiger partial charge is 0.348 e. The highest BCUT2D eigenvalue weighted by Gasteiger charge is 2.70. The van der Waals surface area contributed by atoms with Gasteiger partial charge in [-0.05, 0) is 13.3 Å². The molecule has 33 heavy (non-hydrogen) atoms. The molecule has 0 radical (unpaired) electrons. The van der Waals surface area contributed by atoms with Crippen molar-refractivity contribution >= 4 is 31.2 Å². The van der Waals surface area contributed by atoms with E-state index in [4.69, 9.17) is 18.9 Å². The lowest BCUT2D eigenvalue weighted by Crippen LogP contribution is -2.62. The minimum absolute atomic E-state index is 0.165. The molecule has 7 nitrogen and oxygen atoms in total. The van der Waals surface area contributed by atoms with Gasteiger partial charge in [0.15, 0.2) is 5.60 Å². The fraction of sp³-hybridized carbons (Fsp3) is 0.640. The highest BCUT2D eigenvalue weighted by atomic mass is 28.3. The summed E-state index contributed by atoms with van der Waals surface area (Å²) in [5.41, 5.74) is -2.23. The third-order valence-electron chi connectivity index (χ3n) is 7.74.